The summed E-state index contributed by atoms with van der Waals surface area (Å²) >= 11 is 9.15. The van der Waals surface area contributed by atoms with Gasteiger partial charge >= 0.3 is 6.03 Å². The van der Waals surface area contributed by atoms with E-state index in [2.05, 4.69) is 15.8 Å². The van der Waals surface area contributed by atoms with Crippen LogP contribution in [0.25, 0.3) is 0 Å². The minimum Gasteiger partial charge on any atom is -0.307 e. The zero-order chi connectivity index (χ0) is 18.4. The molecule has 0 saturated carbocycles. The van der Waals surface area contributed by atoms with Gasteiger partial charge in [-0.25, -0.2) is 10.2 Å². The Morgan fingerprint density at radius 1 is 1.15 bits per heavy atom. The van der Waals surface area contributed by atoms with Crippen molar-refractivity contribution in [1.82, 2.24) is 5.43 Å². The Morgan fingerprint density at radius 2 is 1.96 bits per heavy atom. The molecule has 0 spiro atoms. The van der Waals surface area contributed by atoms with E-state index in [1.807, 2.05) is 67.6 Å². The van der Waals surface area contributed by atoms with E-state index >= 15 is 0 Å². The van der Waals surface area contributed by atoms with Crippen molar-refractivity contribution < 1.29 is 4.79 Å². The number of hydrazone groups is 1. The average molecular weight is 402 g/mol. The third kappa shape index (κ3) is 5.62. The molecule has 2 aromatic carbocycles. The minimum atomic E-state index is -0.376. The average Bonchev–Trinajstić information content (AvgIpc) is 3.04. The van der Waals surface area contributed by atoms with Gasteiger partial charge in [0.1, 0.15) is 0 Å². The summed E-state index contributed by atoms with van der Waals surface area (Å²) in [4.78, 5) is 13.9. The first kappa shape index (κ1) is 18.5. The fraction of sp³-hybridized carbons (Fsp3) is 0.0526. The van der Waals surface area contributed by atoms with Gasteiger partial charge in [0.05, 0.1) is 10.4 Å². The summed E-state index contributed by atoms with van der Waals surface area (Å²) in [5.74, 6) is 0. The number of nitrogens with zero attached hydrogens (tertiary/aromatic N) is 1. The third-order valence-electron chi connectivity index (χ3n) is 3.27. The highest BCUT2D eigenvalue weighted by Crippen LogP contribution is 2.33. The van der Waals surface area contributed by atoms with E-state index in [4.69, 9.17) is 11.6 Å². The first-order chi connectivity index (χ1) is 12.6. The molecular weight excluding hydrogens is 386 g/mol. The van der Waals surface area contributed by atoms with Crippen LogP contribution in [-0.2, 0) is 0 Å². The van der Waals surface area contributed by atoms with Crippen molar-refractivity contribution in [3.05, 3.63) is 76.1 Å². The molecule has 4 nitrogen and oxygen atoms in total. The SMILES string of the molecule is Cc1cccc(NC(=O)N/N=C/c2ccc(Sc3ccc(Cl)cc3)s2)c1. The maximum Gasteiger partial charge on any atom is 0.339 e. The molecule has 0 aliphatic rings. The summed E-state index contributed by atoms with van der Waals surface area (Å²) in [7, 11) is 0. The van der Waals surface area contributed by atoms with Crippen LogP contribution in [0.5, 0.6) is 0 Å². The fourth-order valence-electron chi connectivity index (χ4n) is 2.11. The fourth-order valence-corrected chi connectivity index (χ4v) is 4.23. The van der Waals surface area contributed by atoms with Gasteiger partial charge in [0.25, 0.3) is 0 Å². The van der Waals surface area contributed by atoms with Gasteiger partial charge in [-0.3, -0.25) is 0 Å². The molecule has 2 amide bonds. The number of urea groups is 1. The topological polar surface area (TPSA) is 53.5 Å². The first-order valence-corrected chi connectivity index (χ1v) is 9.79. The number of aryl methyl sites for hydroxylation is 1. The van der Waals surface area contributed by atoms with Crippen LogP contribution >= 0.6 is 34.7 Å². The second-order valence-corrected chi connectivity index (χ2v) is 8.33. The summed E-state index contributed by atoms with van der Waals surface area (Å²) in [5, 5.41) is 7.45. The van der Waals surface area contributed by atoms with E-state index in [0.717, 1.165) is 30.3 Å². The van der Waals surface area contributed by atoms with Gasteiger partial charge in [0, 0.05) is 20.5 Å². The van der Waals surface area contributed by atoms with Crippen molar-refractivity contribution in [2.45, 2.75) is 16.0 Å². The second-order valence-electron chi connectivity index (χ2n) is 5.41. The van der Waals surface area contributed by atoms with E-state index < -0.39 is 0 Å². The summed E-state index contributed by atoms with van der Waals surface area (Å²) in [6.45, 7) is 1.97. The van der Waals surface area contributed by atoms with E-state index in [-0.39, 0.29) is 6.03 Å². The van der Waals surface area contributed by atoms with Crippen LogP contribution in [0.2, 0.25) is 5.02 Å². The summed E-state index contributed by atoms with van der Waals surface area (Å²) < 4.78 is 1.14. The van der Waals surface area contributed by atoms with Gasteiger partial charge in [0.2, 0.25) is 0 Å². The number of hydrogen-bond acceptors (Lipinski definition) is 4. The number of halogens is 1. The van der Waals surface area contributed by atoms with Gasteiger partial charge in [0.15, 0.2) is 0 Å². The standard InChI is InChI=1S/C19H16ClN3OS2/c1-13-3-2-4-15(11-13)22-19(24)23-21-12-17-9-10-18(26-17)25-16-7-5-14(20)6-8-16/h2-12H,1H3,(H2,22,23,24)/b21-12+. The monoisotopic (exact) mass is 401 g/mol. The Kier molecular flexibility index (Phi) is 6.33. The summed E-state index contributed by atoms with van der Waals surface area (Å²) in [6, 6.07) is 18.9. The number of benzene rings is 2. The highest BCUT2D eigenvalue weighted by molar-refractivity contribution is 8.01. The number of carbonyl (C=O) groups excluding carboxylic acids is 1. The third-order valence-corrected chi connectivity index (χ3v) is 5.68. The Labute approximate surface area is 165 Å². The molecule has 0 radical (unpaired) electrons. The smallest absolute Gasteiger partial charge is 0.307 e. The maximum absolute atomic E-state index is 11.8. The number of thiophene rings is 1. The number of amides is 2. The predicted octanol–water partition coefficient (Wildman–Crippen LogP) is 6.02. The van der Waals surface area contributed by atoms with E-state index in [9.17, 15) is 4.79 Å². The maximum atomic E-state index is 11.8. The van der Waals surface area contributed by atoms with Gasteiger partial charge < -0.3 is 5.32 Å². The van der Waals surface area contributed by atoms with Crippen molar-refractivity contribution in [2.75, 3.05) is 5.32 Å². The molecular formula is C19H16ClN3OS2. The Bertz CT molecular complexity index is 923. The molecule has 0 aliphatic carbocycles. The number of rotatable bonds is 5. The normalized spacial score (nSPS) is 10.8. The lowest BCUT2D eigenvalue weighted by Crippen LogP contribution is -2.24. The predicted molar refractivity (Wildman–Crippen MR) is 111 cm³/mol. The lowest BCUT2D eigenvalue weighted by atomic mass is 10.2. The summed E-state index contributed by atoms with van der Waals surface area (Å²) in [6.07, 6.45) is 1.63. The number of carbonyl (C=O) groups is 1. The van der Waals surface area contributed by atoms with Crippen LogP contribution in [0.15, 0.2) is 74.9 Å². The highest BCUT2D eigenvalue weighted by atomic mass is 35.5. The van der Waals surface area contributed by atoms with Crippen LogP contribution in [0, 0.1) is 6.92 Å². The molecule has 1 heterocycles. The molecule has 3 rings (SSSR count). The molecule has 0 bridgehead atoms. The summed E-state index contributed by atoms with van der Waals surface area (Å²) in [5.41, 5.74) is 4.28. The van der Waals surface area contributed by atoms with Gasteiger partial charge in [-0.05, 0) is 61.0 Å². The molecule has 7 heteroatoms. The molecule has 0 atom stereocenters. The zero-order valence-corrected chi connectivity index (χ0v) is 16.3. The molecule has 1 aromatic heterocycles. The second kappa shape index (κ2) is 8.89. The molecule has 132 valence electrons. The molecule has 3 aromatic rings. The Balaban J connectivity index is 1.51. The number of hydrogen-bond donors (Lipinski definition) is 2. The van der Waals surface area contributed by atoms with Crippen LogP contribution in [-0.4, -0.2) is 12.2 Å². The first-order valence-electron chi connectivity index (χ1n) is 7.78. The van der Waals surface area contributed by atoms with Crippen LogP contribution < -0.4 is 10.7 Å². The van der Waals surface area contributed by atoms with E-state index in [0.29, 0.717) is 0 Å². The number of anilines is 1. The van der Waals surface area contributed by atoms with Crippen molar-refractivity contribution in [2.24, 2.45) is 5.10 Å². The van der Waals surface area contributed by atoms with Gasteiger partial charge in [-0.15, -0.1) is 11.3 Å². The van der Waals surface area contributed by atoms with Crippen molar-refractivity contribution in [3.63, 3.8) is 0 Å². The van der Waals surface area contributed by atoms with Gasteiger partial charge in [-0.1, -0.05) is 35.5 Å². The largest absolute Gasteiger partial charge is 0.339 e. The van der Waals surface area contributed by atoms with Crippen molar-refractivity contribution in [1.29, 1.82) is 0 Å². The molecule has 2 N–H and O–H groups in total. The lowest BCUT2D eigenvalue weighted by Gasteiger charge is -2.04. The van der Waals surface area contributed by atoms with Crippen molar-refractivity contribution in [3.8, 4) is 0 Å². The molecule has 0 saturated heterocycles. The quantitative estimate of drug-likeness (QED) is 0.406. The highest BCUT2D eigenvalue weighted by Gasteiger charge is 2.03. The molecule has 0 fully saturated rings. The Morgan fingerprint density at radius 3 is 2.73 bits per heavy atom. The van der Waals surface area contributed by atoms with Crippen LogP contribution in [0.4, 0.5) is 10.5 Å². The van der Waals surface area contributed by atoms with Gasteiger partial charge in [-0.2, -0.15) is 5.10 Å². The number of nitrogens with one attached hydrogen (secondary N) is 2. The minimum absolute atomic E-state index is 0.376. The van der Waals surface area contributed by atoms with E-state index in [1.54, 1.807) is 29.3 Å². The molecule has 26 heavy (non-hydrogen) atoms. The molecule has 0 aliphatic heterocycles. The Hall–Kier alpha value is -2.28. The van der Waals surface area contributed by atoms with Crippen molar-refractivity contribution >= 4 is 52.6 Å². The lowest BCUT2D eigenvalue weighted by molar-refractivity contribution is 0.252. The zero-order valence-electron chi connectivity index (χ0n) is 13.9. The molecule has 0 unspecified atom stereocenters. The van der Waals surface area contributed by atoms with E-state index in [1.165, 1.54) is 0 Å². The van der Waals surface area contributed by atoms with Crippen LogP contribution in [0.3, 0.4) is 0 Å². The van der Waals surface area contributed by atoms with Crippen LogP contribution in [0.1, 0.15) is 10.4 Å².